The molecule has 2 aromatic carbocycles. The minimum Gasteiger partial charge on any atom is -0.478 e. The Bertz CT molecular complexity index is 833. The van der Waals surface area contributed by atoms with Crippen molar-refractivity contribution in [2.24, 2.45) is 0 Å². The second-order valence-corrected chi connectivity index (χ2v) is 5.61. The molecule has 0 aliphatic heterocycles. The van der Waals surface area contributed by atoms with Crippen molar-refractivity contribution in [3.63, 3.8) is 0 Å². The van der Waals surface area contributed by atoms with E-state index in [0.717, 1.165) is 15.3 Å². The van der Waals surface area contributed by atoms with E-state index in [1.54, 1.807) is 30.0 Å². The molecule has 1 heterocycles. The van der Waals surface area contributed by atoms with Gasteiger partial charge in [0.2, 0.25) is 0 Å². The highest BCUT2D eigenvalue weighted by Crippen LogP contribution is 2.32. The predicted octanol–water partition coefficient (Wildman–Crippen LogP) is 3.79. The van der Waals surface area contributed by atoms with Gasteiger partial charge in [-0.2, -0.15) is 0 Å². The fourth-order valence-corrected chi connectivity index (χ4v) is 2.99. The largest absolute Gasteiger partial charge is 0.478 e. The number of benzene rings is 2. The zero-order chi connectivity index (χ0) is 14.8. The Morgan fingerprint density at radius 1 is 1.14 bits per heavy atom. The van der Waals surface area contributed by atoms with E-state index in [4.69, 9.17) is 5.11 Å². The molecule has 3 rings (SSSR count). The van der Waals surface area contributed by atoms with E-state index in [1.807, 2.05) is 31.2 Å². The molecule has 0 bridgehead atoms. The van der Waals surface area contributed by atoms with Gasteiger partial charge in [-0.05, 0) is 36.8 Å². The predicted molar refractivity (Wildman–Crippen MR) is 81.8 cm³/mol. The number of carbonyl (C=O) groups is 1. The van der Waals surface area contributed by atoms with Crippen LogP contribution in [0.2, 0.25) is 0 Å². The van der Waals surface area contributed by atoms with E-state index >= 15 is 0 Å². The summed E-state index contributed by atoms with van der Waals surface area (Å²) in [5.74, 6) is -0.955. The van der Waals surface area contributed by atoms with Gasteiger partial charge in [-0.1, -0.05) is 30.0 Å². The average Bonchev–Trinajstić information content (AvgIpc) is 2.49. The Kier molecular flexibility index (Phi) is 3.58. The summed E-state index contributed by atoms with van der Waals surface area (Å²) in [5.41, 5.74) is 2.05. The summed E-state index contributed by atoms with van der Waals surface area (Å²) in [6, 6.07) is 13.0. The summed E-state index contributed by atoms with van der Waals surface area (Å²) in [6.07, 6.45) is 1.47. The standard InChI is InChI=1S/C16H12N2O2S/c1-10-4-2-3-5-14(10)21-15-12-7-6-11(16(19)20)8-13(12)17-9-18-15/h2-9H,1H3,(H,19,20). The second-order valence-electron chi connectivity index (χ2n) is 4.58. The summed E-state index contributed by atoms with van der Waals surface area (Å²) in [4.78, 5) is 20.6. The van der Waals surface area contributed by atoms with Gasteiger partial charge >= 0.3 is 5.97 Å². The molecule has 21 heavy (non-hydrogen) atoms. The molecule has 4 nitrogen and oxygen atoms in total. The van der Waals surface area contributed by atoms with E-state index in [2.05, 4.69) is 9.97 Å². The van der Waals surface area contributed by atoms with Crippen molar-refractivity contribution in [1.29, 1.82) is 0 Å². The highest BCUT2D eigenvalue weighted by atomic mass is 32.2. The Labute approximate surface area is 125 Å². The number of aromatic nitrogens is 2. The first kappa shape index (κ1) is 13.6. The maximum Gasteiger partial charge on any atom is 0.335 e. The van der Waals surface area contributed by atoms with E-state index < -0.39 is 5.97 Å². The molecular weight excluding hydrogens is 284 g/mol. The van der Waals surface area contributed by atoms with Gasteiger partial charge in [0, 0.05) is 10.3 Å². The molecule has 0 aliphatic carbocycles. The van der Waals surface area contributed by atoms with Crippen LogP contribution in [0.5, 0.6) is 0 Å². The minimum atomic E-state index is -0.955. The zero-order valence-electron chi connectivity index (χ0n) is 11.3. The van der Waals surface area contributed by atoms with E-state index in [-0.39, 0.29) is 5.56 Å². The van der Waals surface area contributed by atoms with Gasteiger partial charge in [-0.15, -0.1) is 0 Å². The SMILES string of the molecule is Cc1ccccc1Sc1ncnc2cc(C(=O)O)ccc12. The number of aromatic carboxylic acids is 1. The molecule has 1 N–H and O–H groups in total. The third-order valence-electron chi connectivity index (χ3n) is 3.15. The zero-order valence-corrected chi connectivity index (χ0v) is 12.1. The maximum atomic E-state index is 11.0. The van der Waals surface area contributed by atoms with Crippen LogP contribution in [0, 0.1) is 6.92 Å². The third kappa shape index (κ3) is 2.73. The van der Waals surface area contributed by atoms with Crippen molar-refractivity contribution in [2.75, 3.05) is 0 Å². The van der Waals surface area contributed by atoms with E-state index in [0.29, 0.717) is 5.52 Å². The fraction of sp³-hybridized carbons (Fsp3) is 0.0625. The lowest BCUT2D eigenvalue weighted by atomic mass is 10.1. The molecule has 1 aromatic heterocycles. The third-order valence-corrected chi connectivity index (χ3v) is 4.34. The molecule has 0 amide bonds. The highest BCUT2D eigenvalue weighted by Gasteiger charge is 2.10. The lowest BCUT2D eigenvalue weighted by Crippen LogP contribution is -1.97. The first-order valence-corrected chi connectivity index (χ1v) is 7.18. The van der Waals surface area contributed by atoms with Crippen LogP contribution in [-0.4, -0.2) is 21.0 Å². The highest BCUT2D eigenvalue weighted by molar-refractivity contribution is 7.99. The minimum absolute atomic E-state index is 0.230. The van der Waals surface area contributed by atoms with Crippen LogP contribution in [0.4, 0.5) is 0 Å². The topological polar surface area (TPSA) is 63.1 Å². The summed E-state index contributed by atoms with van der Waals surface area (Å²) >= 11 is 1.56. The molecule has 0 saturated heterocycles. The van der Waals surface area contributed by atoms with Gasteiger partial charge in [0.15, 0.2) is 0 Å². The van der Waals surface area contributed by atoms with Crippen molar-refractivity contribution in [1.82, 2.24) is 9.97 Å². The Hall–Kier alpha value is -2.40. The smallest absolute Gasteiger partial charge is 0.335 e. The number of carboxylic acids is 1. The molecule has 0 fully saturated rings. The first-order chi connectivity index (χ1) is 10.1. The number of carboxylic acid groups (broad SMARTS) is 1. The van der Waals surface area contributed by atoms with Gasteiger partial charge in [0.25, 0.3) is 0 Å². The van der Waals surface area contributed by atoms with Crippen LogP contribution in [0.15, 0.2) is 58.7 Å². The number of hydrogen-bond acceptors (Lipinski definition) is 4. The molecule has 0 aliphatic rings. The molecule has 0 spiro atoms. The van der Waals surface area contributed by atoms with Crippen LogP contribution in [0.25, 0.3) is 10.9 Å². The van der Waals surface area contributed by atoms with Gasteiger partial charge in [0.05, 0.1) is 11.1 Å². The Balaban J connectivity index is 2.07. The van der Waals surface area contributed by atoms with Crippen molar-refractivity contribution < 1.29 is 9.90 Å². The molecule has 0 saturated carbocycles. The number of hydrogen-bond donors (Lipinski definition) is 1. The lowest BCUT2D eigenvalue weighted by molar-refractivity contribution is 0.0697. The van der Waals surface area contributed by atoms with Crippen molar-refractivity contribution in [3.05, 3.63) is 59.9 Å². The summed E-state index contributed by atoms with van der Waals surface area (Å²) in [5, 5.41) is 10.7. The van der Waals surface area contributed by atoms with Gasteiger partial charge in [0.1, 0.15) is 11.4 Å². The maximum absolute atomic E-state index is 11.0. The number of rotatable bonds is 3. The van der Waals surface area contributed by atoms with Gasteiger partial charge in [-0.3, -0.25) is 0 Å². The Morgan fingerprint density at radius 3 is 2.71 bits per heavy atom. The van der Waals surface area contributed by atoms with Crippen LogP contribution in [-0.2, 0) is 0 Å². The summed E-state index contributed by atoms with van der Waals surface area (Å²) in [6.45, 7) is 2.05. The van der Waals surface area contributed by atoms with Crippen LogP contribution in [0.1, 0.15) is 15.9 Å². The average molecular weight is 296 g/mol. The summed E-state index contributed by atoms with van der Waals surface area (Å²) < 4.78 is 0. The molecule has 0 radical (unpaired) electrons. The van der Waals surface area contributed by atoms with Crippen molar-refractivity contribution in [2.45, 2.75) is 16.8 Å². The molecular formula is C16H12N2O2S. The van der Waals surface area contributed by atoms with Crippen molar-refractivity contribution >= 4 is 28.6 Å². The van der Waals surface area contributed by atoms with Crippen LogP contribution < -0.4 is 0 Å². The normalized spacial score (nSPS) is 10.7. The summed E-state index contributed by atoms with van der Waals surface area (Å²) in [7, 11) is 0. The first-order valence-electron chi connectivity index (χ1n) is 6.36. The van der Waals surface area contributed by atoms with Crippen LogP contribution >= 0.6 is 11.8 Å². The molecule has 5 heteroatoms. The van der Waals surface area contributed by atoms with Crippen LogP contribution in [0.3, 0.4) is 0 Å². The fourth-order valence-electron chi connectivity index (χ4n) is 2.02. The quantitative estimate of drug-likeness (QED) is 0.745. The van der Waals surface area contributed by atoms with E-state index in [1.165, 1.54) is 11.9 Å². The van der Waals surface area contributed by atoms with Crippen molar-refractivity contribution in [3.8, 4) is 0 Å². The number of nitrogens with zero attached hydrogens (tertiary/aromatic N) is 2. The van der Waals surface area contributed by atoms with Gasteiger partial charge < -0.3 is 5.11 Å². The molecule has 0 unspecified atom stereocenters. The Morgan fingerprint density at radius 2 is 1.95 bits per heavy atom. The lowest BCUT2D eigenvalue weighted by Gasteiger charge is -2.07. The number of aryl methyl sites for hydroxylation is 1. The molecule has 3 aromatic rings. The monoisotopic (exact) mass is 296 g/mol. The molecule has 104 valence electrons. The van der Waals surface area contributed by atoms with E-state index in [9.17, 15) is 4.79 Å². The number of fused-ring (bicyclic) bond motifs is 1. The van der Waals surface area contributed by atoms with Gasteiger partial charge in [-0.25, -0.2) is 14.8 Å². The molecule has 0 atom stereocenters. The second kappa shape index (κ2) is 5.54.